The summed E-state index contributed by atoms with van der Waals surface area (Å²) in [5.41, 5.74) is 0.107. The van der Waals surface area contributed by atoms with E-state index in [0.717, 1.165) is 18.8 Å². The highest BCUT2D eigenvalue weighted by Crippen LogP contribution is 2.38. The predicted molar refractivity (Wildman–Crippen MR) is 74.5 cm³/mol. The number of hydrogen-bond acceptors (Lipinski definition) is 3. The largest absolute Gasteiger partial charge is 0.372 e. The van der Waals surface area contributed by atoms with Crippen molar-refractivity contribution < 1.29 is 0 Å². The van der Waals surface area contributed by atoms with Gasteiger partial charge in [0.2, 0.25) is 0 Å². The molecule has 1 aliphatic rings. The standard InChI is InChI=1S/C12H17Cl2N3/c1-12(2)5-4-6-17(12)11-9(14)7-8(13)10(15-3)16-11/h7H,4-6H2,1-3H3,(H,15,16). The molecule has 0 atom stereocenters. The van der Waals surface area contributed by atoms with Crippen LogP contribution in [0.5, 0.6) is 0 Å². The first-order valence-corrected chi connectivity index (χ1v) is 6.53. The molecule has 1 aromatic rings. The van der Waals surface area contributed by atoms with Gasteiger partial charge in [0.25, 0.3) is 0 Å². The summed E-state index contributed by atoms with van der Waals surface area (Å²) in [4.78, 5) is 6.78. The van der Waals surface area contributed by atoms with E-state index in [1.54, 1.807) is 13.1 Å². The fourth-order valence-electron chi connectivity index (χ4n) is 2.32. The Morgan fingerprint density at radius 3 is 2.59 bits per heavy atom. The fourth-order valence-corrected chi connectivity index (χ4v) is 2.88. The molecule has 1 N–H and O–H groups in total. The van der Waals surface area contributed by atoms with E-state index in [-0.39, 0.29) is 5.54 Å². The van der Waals surface area contributed by atoms with Crippen molar-refractivity contribution in [3.63, 3.8) is 0 Å². The van der Waals surface area contributed by atoms with Gasteiger partial charge >= 0.3 is 0 Å². The summed E-state index contributed by atoms with van der Waals surface area (Å²) in [6.45, 7) is 5.42. The van der Waals surface area contributed by atoms with Crippen LogP contribution in [0.25, 0.3) is 0 Å². The number of anilines is 2. The average Bonchev–Trinajstić information content (AvgIpc) is 2.59. The van der Waals surface area contributed by atoms with Crippen LogP contribution in [0.4, 0.5) is 11.6 Å². The summed E-state index contributed by atoms with van der Waals surface area (Å²) >= 11 is 12.3. The van der Waals surface area contributed by atoms with Gasteiger partial charge in [0.05, 0.1) is 10.0 Å². The van der Waals surface area contributed by atoms with Gasteiger partial charge in [-0.25, -0.2) is 4.98 Å². The number of halogens is 2. The summed E-state index contributed by atoms with van der Waals surface area (Å²) < 4.78 is 0. The van der Waals surface area contributed by atoms with Gasteiger partial charge in [-0.1, -0.05) is 23.2 Å². The van der Waals surface area contributed by atoms with Gasteiger partial charge in [-0.05, 0) is 32.8 Å². The number of pyridine rings is 1. The molecule has 2 rings (SSSR count). The van der Waals surface area contributed by atoms with Crippen LogP contribution in [-0.2, 0) is 0 Å². The van der Waals surface area contributed by atoms with E-state index in [1.807, 2.05) is 0 Å². The van der Waals surface area contributed by atoms with E-state index < -0.39 is 0 Å². The van der Waals surface area contributed by atoms with E-state index >= 15 is 0 Å². The van der Waals surface area contributed by atoms with Crippen molar-refractivity contribution in [1.82, 2.24) is 4.98 Å². The van der Waals surface area contributed by atoms with Gasteiger partial charge in [0.1, 0.15) is 11.6 Å². The second-order valence-electron chi connectivity index (χ2n) is 4.94. The Labute approximate surface area is 112 Å². The maximum Gasteiger partial charge on any atom is 0.150 e. The minimum absolute atomic E-state index is 0.107. The molecule has 5 heteroatoms. The average molecular weight is 274 g/mol. The molecule has 0 radical (unpaired) electrons. The lowest BCUT2D eigenvalue weighted by Gasteiger charge is -2.33. The summed E-state index contributed by atoms with van der Waals surface area (Å²) in [5, 5.41) is 4.15. The van der Waals surface area contributed by atoms with Crippen LogP contribution in [0, 0.1) is 0 Å². The van der Waals surface area contributed by atoms with Crippen molar-refractivity contribution in [2.45, 2.75) is 32.2 Å². The third kappa shape index (κ3) is 2.31. The number of rotatable bonds is 2. The smallest absolute Gasteiger partial charge is 0.150 e. The molecule has 1 aromatic heterocycles. The van der Waals surface area contributed by atoms with Crippen molar-refractivity contribution in [3.05, 3.63) is 16.1 Å². The van der Waals surface area contributed by atoms with Crippen LogP contribution >= 0.6 is 23.2 Å². The minimum Gasteiger partial charge on any atom is -0.372 e. The lowest BCUT2D eigenvalue weighted by Crippen LogP contribution is -2.38. The van der Waals surface area contributed by atoms with Crippen LogP contribution in [-0.4, -0.2) is 24.1 Å². The van der Waals surface area contributed by atoms with Gasteiger partial charge in [-0.2, -0.15) is 0 Å². The van der Waals surface area contributed by atoms with Crippen molar-refractivity contribution in [2.24, 2.45) is 0 Å². The zero-order chi connectivity index (χ0) is 12.6. The first-order chi connectivity index (χ1) is 7.95. The van der Waals surface area contributed by atoms with E-state index in [0.29, 0.717) is 15.9 Å². The molecule has 3 nitrogen and oxygen atoms in total. The second kappa shape index (κ2) is 4.54. The third-order valence-corrected chi connectivity index (χ3v) is 3.87. The lowest BCUT2D eigenvalue weighted by atomic mass is 10.0. The minimum atomic E-state index is 0.107. The summed E-state index contributed by atoms with van der Waals surface area (Å²) in [5.74, 6) is 1.50. The van der Waals surface area contributed by atoms with Crippen LogP contribution in [0.15, 0.2) is 6.07 Å². The second-order valence-corrected chi connectivity index (χ2v) is 5.76. The molecular weight excluding hydrogens is 257 g/mol. The highest BCUT2D eigenvalue weighted by molar-refractivity contribution is 6.37. The molecule has 17 heavy (non-hydrogen) atoms. The van der Waals surface area contributed by atoms with Gasteiger partial charge in [-0.15, -0.1) is 0 Å². The zero-order valence-electron chi connectivity index (χ0n) is 10.3. The highest BCUT2D eigenvalue weighted by atomic mass is 35.5. The van der Waals surface area contributed by atoms with Gasteiger partial charge < -0.3 is 10.2 Å². The number of nitrogens with zero attached hydrogens (tertiary/aromatic N) is 2. The normalized spacial score (nSPS) is 18.5. The molecule has 94 valence electrons. The molecule has 0 aliphatic carbocycles. The first kappa shape index (κ1) is 12.8. The summed E-state index contributed by atoms with van der Waals surface area (Å²) in [6, 6.07) is 1.76. The zero-order valence-corrected chi connectivity index (χ0v) is 11.9. The molecule has 0 amide bonds. The molecule has 1 fully saturated rings. The van der Waals surface area contributed by atoms with Crippen molar-refractivity contribution in [1.29, 1.82) is 0 Å². The molecule has 0 bridgehead atoms. The van der Waals surface area contributed by atoms with Crippen LogP contribution in [0.2, 0.25) is 10.0 Å². The number of hydrogen-bond donors (Lipinski definition) is 1. The van der Waals surface area contributed by atoms with E-state index in [9.17, 15) is 0 Å². The van der Waals surface area contributed by atoms with Crippen LogP contribution < -0.4 is 10.2 Å². The molecule has 0 aromatic carbocycles. The van der Waals surface area contributed by atoms with E-state index in [1.165, 1.54) is 6.42 Å². The van der Waals surface area contributed by atoms with Crippen LogP contribution in [0.1, 0.15) is 26.7 Å². The molecule has 0 unspecified atom stereocenters. The van der Waals surface area contributed by atoms with Gasteiger partial charge in [0, 0.05) is 19.1 Å². The number of aromatic nitrogens is 1. The molecule has 1 aliphatic heterocycles. The molecule has 1 saturated heterocycles. The van der Waals surface area contributed by atoms with Gasteiger partial charge in [-0.3, -0.25) is 0 Å². The lowest BCUT2D eigenvalue weighted by molar-refractivity contribution is 0.514. The molecular formula is C12H17Cl2N3. The summed E-state index contributed by atoms with van der Waals surface area (Å²) in [7, 11) is 1.81. The third-order valence-electron chi connectivity index (χ3n) is 3.30. The van der Waals surface area contributed by atoms with Crippen molar-refractivity contribution >= 4 is 34.8 Å². The predicted octanol–water partition coefficient (Wildman–Crippen LogP) is 3.81. The Morgan fingerprint density at radius 2 is 2.06 bits per heavy atom. The SMILES string of the molecule is CNc1nc(N2CCCC2(C)C)c(Cl)cc1Cl. The monoisotopic (exact) mass is 273 g/mol. The Hall–Kier alpha value is -0.670. The maximum atomic E-state index is 6.25. The van der Waals surface area contributed by atoms with E-state index in [4.69, 9.17) is 23.2 Å². The summed E-state index contributed by atoms with van der Waals surface area (Å²) in [6.07, 6.45) is 2.32. The molecule has 0 spiro atoms. The van der Waals surface area contributed by atoms with Crippen LogP contribution in [0.3, 0.4) is 0 Å². The Bertz CT molecular complexity index is 432. The highest BCUT2D eigenvalue weighted by Gasteiger charge is 2.34. The maximum absolute atomic E-state index is 6.25. The fraction of sp³-hybridized carbons (Fsp3) is 0.583. The Kier molecular flexibility index (Phi) is 3.41. The van der Waals surface area contributed by atoms with E-state index in [2.05, 4.69) is 29.0 Å². The Balaban J connectivity index is 2.45. The first-order valence-electron chi connectivity index (χ1n) is 5.77. The quantitative estimate of drug-likeness (QED) is 0.888. The molecule has 0 saturated carbocycles. The molecule has 2 heterocycles. The van der Waals surface area contributed by atoms with Crippen molar-refractivity contribution in [3.8, 4) is 0 Å². The van der Waals surface area contributed by atoms with Crippen molar-refractivity contribution in [2.75, 3.05) is 23.8 Å². The Morgan fingerprint density at radius 1 is 1.35 bits per heavy atom. The topological polar surface area (TPSA) is 28.2 Å². The number of nitrogens with one attached hydrogen (secondary N) is 1. The van der Waals surface area contributed by atoms with Gasteiger partial charge in [0.15, 0.2) is 0 Å².